The maximum absolute atomic E-state index is 8.51. The average molecular weight is 305 g/mol. The van der Waals surface area contributed by atoms with Gasteiger partial charge in [-0.15, -0.1) is 12.4 Å². The van der Waals surface area contributed by atoms with Crippen LogP contribution in [0.25, 0.3) is 0 Å². The number of rotatable bonds is 0. The lowest BCUT2D eigenvalue weighted by Gasteiger charge is -2.33. The molecule has 1 unspecified atom stereocenters. The van der Waals surface area contributed by atoms with Crippen LogP contribution in [-0.4, -0.2) is 17.0 Å². The number of halogens is 1. The Labute approximate surface area is 130 Å². The first-order chi connectivity index (χ1) is 8.74. The predicted octanol–water partition coefficient (Wildman–Crippen LogP) is 4.75. The largest absolute Gasteiger partial charge is 0.411 e. The molecule has 2 saturated carbocycles. The second-order valence-corrected chi connectivity index (χ2v) is 7.88. The van der Waals surface area contributed by atoms with Crippen LogP contribution in [0.15, 0.2) is 5.16 Å². The zero-order valence-electron chi connectivity index (χ0n) is 13.6. The molecule has 0 radical (unpaired) electrons. The highest BCUT2D eigenvalue weighted by Crippen LogP contribution is 2.34. The van der Waals surface area contributed by atoms with Gasteiger partial charge < -0.3 is 10.9 Å². The third kappa shape index (κ3) is 7.49. The highest BCUT2D eigenvalue weighted by molar-refractivity contribution is 5.85. The second kappa shape index (κ2) is 8.23. The van der Waals surface area contributed by atoms with Crippen LogP contribution in [0.5, 0.6) is 0 Å². The van der Waals surface area contributed by atoms with Gasteiger partial charge in [-0.25, -0.2) is 0 Å². The van der Waals surface area contributed by atoms with E-state index in [2.05, 4.69) is 32.9 Å². The minimum atomic E-state index is 0. The summed E-state index contributed by atoms with van der Waals surface area (Å²) in [5, 5.41) is 11.8. The van der Waals surface area contributed by atoms with Crippen molar-refractivity contribution in [1.82, 2.24) is 0 Å². The molecule has 2 aliphatic rings. The van der Waals surface area contributed by atoms with Crippen LogP contribution >= 0.6 is 12.4 Å². The Kier molecular flexibility index (Phi) is 8.12. The molecule has 1 atom stereocenters. The van der Waals surface area contributed by atoms with Crippen LogP contribution in [0.1, 0.15) is 79.1 Å². The fraction of sp³-hybridized carbons (Fsp3) is 0.938. The molecule has 0 aromatic carbocycles. The van der Waals surface area contributed by atoms with Crippen molar-refractivity contribution in [2.45, 2.75) is 85.1 Å². The zero-order chi connectivity index (χ0) is 14.5. The molecule has 20 heavy (non-hydrogen) atoms. The molecule has 0 amide bonds. The Morgan fingerprint density at radius 1 is 1.10 bits per heavy atom. The van der Waals surface area contributed by atoms with E-state index in [4.69, 9.17) is 10.9 Å². The number of oxime groups is 1. The van der Waals surface area contributed by atoms with Crippen LogP contribution < -0.4 is 5.73 Å². The van der Waals surface area contributed by atoms with Gasteiger partial charge in [0.05, 0.1) is 5.71 Å². The maximum atomic E-state index is 8.51. The zero-order valence-corrected chi connectivity index (χ0v) is 14.4. The first-order valence-corrected chi connectivity index (χ1v) is 7.69. The van der Waals surface area contributed by atoms with E-state index in [1.807, 2.05) is 0 Å². The molecule has 4 heteroatoms. The topological polar surface area (TPSA) is 58.6 Å². The molecule has 0 bridgehead atoms. The van der Waals surface area contributed by atoms with Gasteiger partial charge in [0, 0.05) is 6.04 Å². The summed E-state index contributed by atoms with van der Waals surface area (Å²) < 4.78 is 0. The van der Waals surface area contributed by atoms with Crippen molar-refractivity contribution in [2.24, 2.45) is 21.7 Å². The first kappa shape index (κ1) is 19.7. The Morgan fingerprint density at radius 2 is 1.70 bits per heavy atom. The third-order valence-electron chi connectivity index (χ3n) is 4.39. The van der Waals surface area contributed by atoms with Gasteiger partial charge in [0.2, 0.25) is 0 Å². The minimum absolute atomic E-state index is 0. The summed E-state index contributed by atoms with van der Waals surface area (Å²) in [5.74, 6) is 0. The fourth-order valence-corrected chi connectivity index (χ4v) is 3.34. The lowest BCUT2D eigenvalue weighted by atomic mass is 9.75. The molecule has 0 saturated heterocycles. The molecule has 0 aromatic heterocycles. The van der Waals surface area contributed by atoms with E-state index >= 15 is 0 Å². The summed E-state index contributed by atoms with van der Waals surface area (Å²) in [6, 6.07) is 0.480. The molecular weight excluding hydrogens is 272 g/mol. The molecule has 3 nitrogen and oxygen atoms in total. The summed E-state index contributed by atoms with van der Waals surface area (Å²) >= 11 is 0. The molecular formula is C16H33ClN2O. The minimum Gasteiger partial charge on any atom is -0.411 e. The third-order valence-corrected chi connectivity index (χ3v) is 4.39. The van der Waals surface area contributed by atoms with Gasteiger partial charge >= 0.3 is 0 Å². The predicted molar refractivity (Wildman–Crippen MR) is 88.9 cm³/mol. The lowest BCUT2D eigenvalue weighted by Crippen LogP contribution is -2.32. The monoisotopic (exact) mass is 304 g/mol. The molecule has 0 spiro atoms. The molecule has 0 aliphatic heterocycles. The Morgan fingerprint density at radius 3 is 2.05 bits per heavy atom. The summed E-state index contributed by atoms with van der Waals surface area (Å²) in [4.78, 5) is 0. The SMILES string of the molecule is CC1(C)CCC/C(=N/O)C1.CC1(C)CCCC(N)C1.Cl. The van der Waals surface area contributed by atoms with E-state index in [9.17, 15) is 0 Å². The summed E-state index contributed by atoms with van der Waals surface area (Å²) in [6.45, 7) is 9.06. The Balaban J connectivity index is 0.000000345. The van der Waals surface area contributed by atoms with Crippen LogP contribution in [0.2, 0.25) is 0 Å². The van der Waals surface area contributed by atoms with E-state index < -0.39 is 0 Å². The van der Waals surface area contributed by atoms with E-state index in [1.165, 1.54) is 38.5 Å². The molecule has 0 heterocycles. The van der Waals surface area contributed by atoms with Gasteiger partial charge in [-0.1, -0.05) is 39.3 Å². The van der Waals surface area contributed by atoms with Crippen LogP contribution in [0.3, 0.4) is 0 Å². The van der Waals surface area contributed by atoms with Crippen molar-refractivity contribution in [3.63, 3.8) is 0 Å². The number of hydrogen-bond donors (Lipinski definition) is 2. The van der Waals surface area contributed by atoms with Gasteiger partial charge in [0.15, 0.2) is 0 Å². The maximum Gasteiger partial charge on any atom is 0.0576 e. The number of nitrogens with zero attached hydrogens (tertiary/aromatic N) is 1. The lowest BCUT2D eigenvalue weighted by molar-refractivity contribution is 0.221. The second-order valence-electron chi connectivity index (χ2n) is 7.88. The molecule has 2 rings (SSSR count). The molecule has 2 aliphatic carbocycles. The summed E-state index contributed by atoms with van der Waals surface area (Å²) in [6.07, 6.45) is 9.52. The van der Waals surface area contributed by atoms with Gasteiger partial charge in [0.1, 0.15) is 0 Å². The molecule has 3 N–H and O–H groups in total. The fourth-order valence-electron chi connectivity index (χ4n) is 3.34. The van der Waals surface area contributed by atoms with Crippen LogP contribution in [0, 0.1) is 10.8 Å². The van der Waals surface area contributed by atoms with Crippen molar-refractivity contribution < 1.29 is 5.21 Å². The molecule has 0 aromatic rings. The highest BCUT2D eigenvalue weighted by atomic mass is 35.5. The highest BCUT2D eigenvalue weighted by Gasteiger charge is 2.25. The van der Waals surface area contributed by atoms with Crippen molar-refractivity contribution >= 4 is 18.1 Å². The van der Waals surface area contributed by atoms with E-state index in [0.717, 1.165) is 18.6 Å². The van der Waals surface area contributed by atoms with Crippen molar-refractivity contribution in [3.05, 3.63) is 0 Å². The Hall–Kier alpha value is -0.280. The molecule has 2 fully saturated rings. The first-order valence-electron chi connectivity index (χ1n) is 7.69. The smallest absolute Gasteiger partial charge is 0.0576 e. The summed E-state index contributed by atoms with van der Waals surface area (Å²) in [5.41, 5.74) is 7.67. The van der Waals surface area contributed by atoms with Gasteiger partial charge in [0.25, 0.3) is 0 Å². The van der Waals surface area contributed by atoms with Crippen molar-refractivity contribution in [1.29, 1.82) is 0 Å². The average Bonchev–Trinajstić information content (AvgIpc) is 2.26. The molecule has 120 valence electrons. The number of nitrogens with two attached hydrogens (primary N) is 1. The quantitative estimate of drug-likeness (QED) is 0.501. The summed E-state index contributed by atoms with van der Waals surface area (Å²) in [7, 11) is 0. The van der Waals surface area contributed by atoms with Crippen LogP contribution in [-0.2, 0) is 0 Å². The van der Waals surface area contributed by atoms with Crippen molar-refractivity contribution in [2.75, 3.05) is 0 Å². The Bertz CT molecular complexity index is 314. The standard InChI is InChI=1S/C8H15NO.C8H17N.ClH/c1-8(2)5-3-4-7(6-8)9-10;1-8(2)5-3-4-7(9)6-8;/h10H,3-6H2,1-2H3;7H,3-6,9H2,1-2H3;1H/b9-7-;;. The number of hydrogen-bond acceptors (Lipinski definition) is 3. The normalized spacial score (nSPS) is 29.9. The van der Waals surface area contributed by atoms with E-state index in [-0.39, 0.29) is 12.4 Å². The van der Waals surface area contributed by atoms with Gasteiger partial charge in [-0.05, 0) is 55.8 Å². The van der Waals surface area contributed by atoms with E-state index in [0.29, 0.717) is 16.9 Å². The van der Waals surface area contributed by atoms with Crippen molar-refractivity contribution in [3.8, 4) is 0 Å². The van der Waals surface area contributed by atoms with Crippen LogP contribution in [0.4, 0.5) is 0 Å². The van der Waals surface area contributed by atoms with Gasteiger partial charge in [-0.3, -0.25) is 0 Å². The van der Waals surface area contributed by atoms with Gasteiger partial charge in [-0.2, -0.15) is 0 Å². The van der Waals surface area contributed by atoms with E-state index in [1.54, 1.807) is 0 Å².